The van der Waals surface area contributed by atoms with Gasteiger partial charge in [0.05, 0.1) is 32.3 Å². The molecule has 0 radical (unpaired) electrons. The number of hydrogen-bond acceptors (Lipinski definition) is 6. The van der Waals surface area contributed by atoms with Crippen molar-refractivity contribution in [3.05, 3.63) is 46.3 Å². The normalized spacial score (nSPS) is 19.1. The molecule has 0 aromatic heterocycles. The number of rotatable bonds is 6. The van der Waals surface area contributed by atoms with Crippen molar-refractivity contribution in [2.24, 2.45) is 0 Å². The number of hydrogen-bond donors (Lipinski definition) is 1. The first-order valence-electron chi connectivity index (χ1n) is 9.70. The molecule has 28 heavy (non-hydrogen) atoms. The molecular weight excluding hydrogens is 358 g/mol. The van der Waals surface area contributed by atoms with E-state index < -0.39 is 11.9 Å². The highest BCUT2D eigenvalue weighted by atomic mass is 16.5. The molecule has 6 nitrogen and oxygen atoms in total. The van der Waals surface area contributed by atoms with Crippen LogP contribution < -0.4 is 14.8 Å². The third-order valence-corrected chi connectivity index (χ3v) is 5.26. The predicted octanol–water partition coefficient (Wildman–Crippen LogP) is 3.62. The van der Waals surface area contributed by atoms with Crippen LogP contribution in [0.3, 0.4) is 0 Å². The van der Waals surface area contributed by atoms with Crippen molar-refractivity contribution in [1.29, 1.82) is 0 Å². The molecule has 0 spiro atoms. The lowest BCUT2D eigenvalue weighted by Crippen LogP contribution is -2.35. The largest absolute Gasteiger partial charge is 0.497 e. The van der Waals surface area contributed by atoms with Crippen LogP contribution in [-0.4, -0.2) is 32.6 Å². The fourth-order valence-electron chi connectivity index (χ4n) is 3.99. The lowest BCUT2D eigenvalue weighted by Gasteiger charge is -2.35. The summed E-state index contributed by atoms with van der Waals surface area (Å²) in [5.41, 5.74) is 3.61. The topological polar surface area (TPSA) is 73.9 Å². The third kappa shape index (κ3) is 3.51. The zero-order valence-electron chi connectivity index (χ0n) is 16.9. The summed E-state index contributed by atoms with van der Waals surface area (Å²) in [4.78, 5) is 25.9. The summed E-state index contributed by atoms with van der Waals surface area (Å²) in [6.45, 7) is 4.03. The van der Waals surface area contributed by atoms with Gasteiger partial charge in [0.15, 0.2) is 5.78 Å². The third-order valence-electron chi connectivity index (χ3n) is 5.26. The van der Waals surface area contributed by atoms with E-state index in [4.69, 9.17) is 14.2 Å². The van der Waals surface area contributed by atoms with Gasteiger partial charge in [-0.25, -0.2) is 4.79 Å². The fourth-order valence-corrected chi connectivity index (χ4v) is 3.99. The monoisotopic (exact) mass is 385 g/mol. The number of Topliss-reactive ketones (excluding diaryl/α,β-unsaturated/α-hetero) is 1. The average molecular weight is 385 g/mol. The minimum atomic E-state index is -0.515. The summed E-state index contributed by atoms with van der Waals surface area (Å²) < 4.78 is 16.3. The van der Waals surface area contributed by atoms with Crippen molar-refractivity contribution in [3.8, 4) is 11.5 Å². The van der Waals surface area contributed by atoms with Crippen molar-refractivity contribution in [1.82, 2.24) is 5.32 Å². The Morgan fingerprint density at radius 1 is 1.18 bits per heavy atom. The van der Waals surface area contributed by atoms with Gasteiger partial charge in [-0.15, -0.1) is 0 Å². The second-order valence-corrected chi connectivity index (χ2v) is 6.80. The van der Waals surface area contributed by atoms with Gasteiger partial charge in [-0.1, -0.05) is 13.0 Å². The van der Waals surface area contributed by atoms with Crippen LogP contribution in [-0.2, 0) is 14.3 Å². The maximum absolute atomic E-state index is 12.9. The van der Waals surface area contributed by atoms with Gasteiger partial charge in [-0.05, 0) is 32.3 Å². The molecule has 0 amide bonds. The number of carbonyl (C=O) groups is 2. The Morgan fingerprint density at radius 2 is 1.96 bits per heavy atom. The quantitative estimate of drug-likeness (QED) is 0.754. The summed E-state index contributed by atoms with van der Waals surface area (Å²) in [6, 6.07) is 5.47. The molecule has 1 aromatic rings. The molecule has 2 aliphatic rings. The van der Waals surface area contributed by atoms with Crippen LogP contribution in [0, 0.1) is 0 Å². The molecular formula is C22H27NO5. The standard InChI is InChI=1S/C22H27NO5/c1-5-15-21(22(25)28-6-2)19(20-16(23-15)8-7-9-17(20)24)14-11-10-13(26-3)12-18(14)27-4/h10-12,19,23H,5-9H2,1-4H3/t19-/m1/s1. The Labute approximate surface area is 165 Å². The van der Waals surface area contributed by atoms with Crippen molar-refractivity contribution in [2.45, 2.75) is 45.4 Å². The SMILES string of the molecule is CCOC(=O)C1=C(CC)NC2=C(C(=O)CCC2)[C@H]1c1ccc(OC)cc1OC. The summed E-state index contributed by atoms with van der Waals surface area (Å²) >= 11 is 0. The van der Waals surface area contributed by atoms with E-state index in [1.54, 1.807) is 27.2 Å². The highest BCUT2D eigenvalue weighted by Crippen LogP contribution is 2.46. The van der Waals surface area contributed by atoms with E-state index in [2.05, 4.69) is 5.32 Å². The summed E-state index contributed by atoms with van der Waals surface area (Å²) in [5.74, 6) is 0.372. The van der Waals surface area contributed by atoms with Crippen molar-refractivity contribution in [2.75, 3.05) is 20.8 Å². The van der Waals surface area contributed by atoms with E-state index in [0.717, 1.165) is 29.8 Å². The van der Waals surface area contributed by atoms with Gasteiger partial charge >= 0.3 is 5.97 Å². The zero-order valence-corrected chi connectivity index (χ0v) is 16.9. The molecule has 1 aliphatic carbocycles. The molecule has 150 valence electrons. The first-order valence-corrected chi connectivity index (χ1v) is 9.70. The van der Waals surface area contributed by atoms with Crippen molar-refractivity contribution < 1.29 is 23.8 Å². The number of ether oxygens (including phenoxy) is 3. The van der Waals surface area contributed by atoms with E-state index in [1.807, 2.05) is 19.1 Å². The smallest absolute Gasteiger partial charge is 0.336 e. The van der Waals surface area contributed by atoms with Gasteiger partial charge in [0.25, 0.3) is 0 Å². The first kappa shape index (κ1) is 20.0. The fraction of sp³-hybridized carbons (Fsp3) is 0.455. The van der Waals surface area contributed by atoms with Gasteiger partial charge in [0, 0.05) is 35.0 Å². The zero-order chi connectivity index (χ0) is 20.3. The van der Waals surface area contributed by atoms with Crippen molar-refractivity contribution >= 4 is 11.8 Å². The predicted molar refractivity (Wildman–Crippen MR) is 105 cm³/mol. The van der Waals surface area contributed by atoms with Gasteiger partial charge < -0.3 is 19.5 Å². The first-order chi connectivity index (χ1) is 13.5. The Morgan fingerprint density at radius 3 is 2.61 bits per heavy atom. The van der Waals surface area contributed by atoms with Gasteiger partial charge in [0.1, 0.15) is 11.5 Å². The Kier molecular flexibility index (Phi) is 6.07. The van der Waals surface area contributed by atoms with Gasteiger partial charge in [-0.3, -0.25) is 4.79 Å². The number of esters is 1. The van der Waals surface area contributed by atoms with E-state index in [-0.39, 0.29) is 12.4 Å². The molecule has 6 heteroatoms. The van der Waals surface area contributed by atoms with Crippen LogP contribution in [0.1, 0.15) is 51.0 Å². The molecule has 0 saturated heterocycles. The number of nitrogens with one attached hydrogen (secondary N) is 1. The van der Waals surface area contributed by atoms with Crippen LogP contribution in [0.2, 0.25) is 0 Å². The number of ketones is 1. The number of allylic oxidation sites excluding steroid dienone is 3. The highest BCUT2D eigenvalue weighted by Gasteiger charge is 2.40. The lowest BCUT2D eigenvalue weighted by molar-refractivity contribution is -0.138. The molecule has 0 fully saturated rings. The van der Waals surface area contributed by atoms with Crippen LogP contribution >= 0.6 is 0 Å². The van der Waals surface area contributed by atoms with E-state index in [1.165, 1.54) is 0 Å². The molecule has 0 unspecified atom stereocenters. The molecule has 1 aliphatic heterocycles. The number of dihydropyridines is 1. The van der Waals surface area contributed by atoms with Gasteiger partial charge in [-0.2, -0.15) is 0 Å². The molecule has 0 bridgehead atoms. The summed E-state index contributed by atoms with van der Waals surface area (Å²) in [7, 11) is 3.16. The summed E-state index contributed by atoms with van der Waals surface area (Å²) in [5, 5.41) is 3.36. The molecule has 1 heterocycles. The molecule has 1 atom stereocenters. The lowest BCUT2D eigenvalue weighted by atomic mass is 9.74. The Hall–Kier alpha value is -2.76. The molecule has 1 aromatic carbocycles. The van der Waals surface area contributed by atoms with Gasteiger partial charge in [0.2, 0.25) is 0 Å². The van der Waals surface area contributed by atoms with Crippen LogP contribution in [0.25, 0.3) is 0 Å². The minimum absolute atomic E-state index is 0.0635. The maximum Gasteiger partial charge on any atom is 0.336 e. The molecule has 1 N–H and O–H groups in total. The second kappa shape index (κ2) is 8.50. The second-order valence-electron chi connectivity index (χ2n) is 6.80. The average Bonchev–Trinajstić information content (AvgIpc) is 2.72. The van der Waals surface area contributed by atoms with Crippen molar-refractivity contribution in [3.63, 3.8) is 0 Å². The Bertz CT molecular complexity index is 852. The number of methoxy groups -OCH3 is 2. The van der Waals surface area contributed by atoms with E-state index >= 15 is 0 Å². The number of benzene rings is 1. The molecule has 3 rings (SSSR count). The van der Waals surface area contributed by atoms with Crippen LogP contribution in [0.4, 0.5) is 0 Å². The van der Waals surface area contributed by atoms with E-state index in [0.29, 0.717) is 35.5 Å². The maximum atomic E-state index is 12.9. The highest BCUT2D eigenvalue weighted by molar-refractivity contribution is 6.04. The number of carbonyl (C=O) groups excluding carboxylic acids is 2. The minimum Gasteiger partial charge on any atom is -0.497 e. The Balaban J connectivity index is 2.24. The summed E-state index contributed by atoms with van der Waals surface area (Å²) in [6.07, 6.45) is 2.71. The van der Waals surface area contributed by atoms with Crippen LogP contribution in [0.5, 0.6) is 11.5 Å². The molecule has 0 saturated carbocycles. The van der Waals surface area contributed by atoms with E-state index in [9.17, 15) is 9.59 Å². The van der Waals surface area contributed by atoms with Crippen LogP contribution in [0.15, 0.2) is 40.7 Å².